The van der Waals surface area contributed by atoms with Crippen LogP contribution in [0.1, 0.15) is 12.8 Å². The van der Waals surface area contributed by atoms with E-state index in [1.807, 2.05) is 35.4 Å². The van der Waals surface area contributed by atoms with Crippen molar-refractivity contribution in [3.05, 3.63) is 36.7 Å². The molecule has 3 rings (SSSR count). The second-order valence-electron chi connectivity index (χ2n) is 5.14. The molecule has 0 atom stereocenters. The first-order valence-corrected chi connectivity index (χ1v) is 6.88. The molecule has 2 aromatic rings. The zero-order valence-corrected chi connectivity index (χ0v) is 11.3. The van der Waals surface area contributed by atoms with Gasteiger partial charge in [0.1, 0.15) is 6.54 Å². The van der Waals surface area contributed by atoms with Crippen molar-refractivity contribution in [1.82, 2.24) is 14.7 Å². The molecule has 20 heavy (non-hydrogen) atoms. The van der Waals surface area contributed by atoms with Crippen molar-refractivity contribution < 1.29 is 4.79 Å². The average molecular weight is 270 g/mol. The zero-order valence-electron chi connectivity index (χ0n) is 11.3. The fourth-order valence-corrected chi connectivity index (χ4v) is 2.52. The van der Waals surface area contributed by atoms with Crippen LogP contribution in [0.4, 0.5) is 5.69 Å². The molecule has 0 bridgehead atoms. The maximum atomic E-state index is 12.1. The highest BCUT2D eigenvalue weighted by Crippen LogP contribution is 2.20. The third-order valence-corrected chi connectivity index (χ3v) is 3.61. The summed E-state index contributed by atoms with van der Waals surface area (Å²) in [6, 6.07) is 7.66. The molecule has 1 aliphatic rings. The summed E-state index contributed by atoms with van der Waals surface area (Å²) in [6.07, 6.45) is 5.88. The number of nitrogens with zero attached hydrogens (tertiary/aromatic N) is 3. The third-order valence-electron chi connectivity index (χ3n) is 3.61. The second kappa shape index (κ2) is 5.36. The first-order chi connectivity index (χ1) is 9.72. The minimum Gasteiger partial charge on any atom is -0.399 e. The SMILES string of the molecule is Nc1cccc(-c2cnn(CC(=O)N3CCCC3)c2)c1. The quantitative estimate of drug-likeness (QED) is 0.864. The van der Waals surface area contributed by atoms with Crippen LogP contribution < -0.4 is 5.73 Å². The topological polar surface area (TPSA) is 64.1 Å². The fraction of sp³-hybridized carbons (Fsp3) is 0.333. The van der Waals surface area contributed by atoms with E-state index in [9.17, 15) is 4.79 Å². The molecular weight excluding hydrogens is 252 g/mol. The van der Waals surface area contributed by atoms with Crippen molar-refractivity contribution in [3.8, 4) is 11.1 Å². The summed E-state index contributed by atoms with van der Waals surface area (Å²) >= 11 is 0. The number of aromatic nitrogens is 2. The molecule has 0 aliphatic carbocycles. The Morgan fingerprint density at radius 3 is 2.80 bits per heavy atom. The van der Waals surface area contributed by atoms with E-state index in [1.165, 1.54) is 0 Å². The summed E-state index contributed by atoms with van der Waals surface area (Å²) < 4.78 is 1.69. The predicted molar refractivity (Wildman–Crippen MR) is 77.9 cm³/mol. The summed E-state index contributed by atoms with van der Waals surface area (Å²) in [4.78, 5) is 14.0. The molecule has 2 N–H and O–H groups in total. The summed E-state index contributed by atoms with van der Waals surface area (Å²) in [5.74, 6) is 0.143. The number of nitrogens with two attached hydrogens (primary N) is 1. The van der Waals surface area contributed by atoms with E-state index in [2.05, 4.69) is 5.10 Å². The van der Waals surface area contributed by atoms with E-state index >= 15 is 0 Å². The molecule has 104 valence electrons. The summed E-state index contributed by atoms with van der Waals surface area (Å²) in [5.41, 5.74) is 8.50. The Hall–Kier alpha value is -2.30. The number of likely N-dealkylation sites (tertiary alicyclic amines) is 1. The normalized spacial score (nSPS) is 14.7. The molecule has 5 nitrogen and oxygen atoms in total. The molecule has 0 spiro atoms. The molecule has 5 heteroatoms. The summed E-state index contributed by atoms with van der Waals surface area (Å²) in [5, 5.41) is 4.26. The van der Waals surface area contributed by atoms with Crippen molar-refractivity contribution in [2.45, 2.75) is 19.4 Å². The van der Waals surface area contributed by atoms with Crippen molar-refractivity contribution in [1.29, 1.82) is 0 Å². The van der Waals surface area contributed by atoms with Crippen molar-refractivity contribution in [3.63, 3.8) is 0 Å². The number of benzene rings is 1. The number of hydrogen-bond acceptors (Lipinski definition) is 3. The van der Waals surface area contributed by atoms with Gasteiger partial charge in [0.2, 0.25) is 5.91 Å². The molecule has 0 radical (unpaired) electrons. The second-order valence-corrected chi connectivity index (χ2v) is 5.14. The Bertz CT molecular complexity index is 614. The number of carbonyl (C=O) groups is 1. The van der Waals surface area contributed by atoms with Crippen molar-refractivity contribution >= 4 is 11.6 Å². The Morgan fingerprint density at radius 2 is 2.05 bits per heavy atom. The average Bonchev–Trinajstić information content (AvgIpc) is 3.10. The van der Waals surface area contributed by atoms with Crippen LogP contribution in [0.15, 0.2) is 36.7 Å². The predicted octanol–water partition coefficient (Wildman–Crippen LogP) is 1.75. The first kappa shape index (κ1) is 12.7. The van der Waals surface area contributed by atoms with E-state index < -0.39 is 0 Å². The monoisotopic (exact) mass is 270 g/mol. The molecular formula is C15H18N4O. The highest BCUT2D eigenvalue weighted by molar-refractivity contribution is 5.76. The van der Waals surface area contributed by atoms with Gasteiger partial charge in [-0.2, -0.15) is 5.10 Å². The van der Waals surface area contributed by atoms with Gasteiger partial charge in [0.05, 0.1) is 6.20 Å². The van der Waals surface area contributed by atoms with Crippen LogP contribution in [0, 0.1) is 0 Å². The lowest BCUT2D eigenvalue weighted by atomic mass is 10.1. The van der Waals surface area contributed by atoms with Crippen LogP contribution in [0.25, 0.3) is 11.1 Å². The highest BCUT2D eigenvalue weighted by Gasteiger charge is 2.18. The number of amides is 1. The van der Waals surface area contributed by atoms with Crippen molar-refractivity contribution in [2.24, 2.45) is 0 Å². The maximum absolute atomic E-state index is 12.1. The van der Waals surface area contributed by atoms with E-state index in [0.29, 0.717) is 6.54 Å². The number of rotatable bonds is 3. The molecule has 1 fully saturated rings. The van der Waals surface area contributed by atoms with Crippen LogP contribution in [-0.4, -0.2) is 33.7 Å². The highest BCUT2D eigenvalue weighted by atomic mass is 16.2. The molecule has 0 saturated carbocycles. The minimum atomic E-state index is 0.143. The number of anilines is 1. The van der Waals surface area contributed by atoms with Gasteiger partial charge in [0.25, 0.3) is 0 Å². The molecule has 1 saturated heterocycles. The Morgan fingerprint density at radius 1 is 1.25 bits per heavy atom. The molecule has 1 aliphatic heterocycles. The van der Waals surface area contributed by atoms with Gasteiger partial charge in [-0.1, -0.05) is 12.1 Å². The first-order valence-electron chi connectivity index (χ1n) is 6.88. The van der Waals surface area contributed by atoms with E-state index in [4.69, 9.17) is 5.73 Å². The van der Waals surface area contributed by atoms with Crippen LogP contribution in [-0.2, 0) is 11.3 Å². The largest absolute Gasteiger partial charge is 0.399 e. The molecule has 2 heterocycles. The van der Waals surface area contributed by atoms with Crippen LogP contribution in [0.2, 0.25) is 0 Å². The van der Waals surface area contributed by atoms with Gasteiger partial charge in [0.15, 0.2) is 0 Å². The lowest BCUT2D eigenvalue weighted by molar-refractivity contribution is -0.130. The van der Waals surface area contributed by atoms with Gasteiger partial charge < -0.3 is 10.6 Å². The molecule has 0 unspecified atom stereocenters. The molecule has 1 aromatic heterocycles. The van der Waals surface area contributed by atoms with Gasteiger partial charge >= 0.3 is 0 Å². The smallest absolute Gasteiger partial charge is 0.244 e. The van der Waals surface area contributed by atoms with Gasteiger partial charge in [-0.25, -0.2) is 0 Å². The van der Waals surface area contributed by atoms with Gasteiger partial charge in [0, 0.05) is 30.5 Å². The standard InChI is InChI=1S/C15H18N4O/c16-14-5-3-4-12(8-14)13-9-17-19(10-13)11-15(20)18-6-1-2-7-18/h3-5,8-10H,1-2,6-7,11,16H2. The van der Waals surface area contributed by atoms with Crippen molar-refractivity contribution in [2.75, 3.05) is 18.8 Å². The number of carbonyl (C=O) groups excluding carboxylic acids is 1. The lowest BCUT2D eigenvalue weighted by Crippen LogP contribution is -2.31. The Balaban J connectivity index is 1.72. The third kappa shape index (κ3) is 2.66. The summed E-state index contributed by atoms with van der Waals surface area (Å²) in [6.45, 7) is 2.06. The number of nitrogen functional groups attached to an aromatic ring is 1. The van der Waals surface area contributed by atoms with Gasteiger partial charge in [-0.15, -0.1) is 0 Å². The lowest BCUT2D eigenvalue weighted by Gasteiger charge is -2.14. The Labute approximate surface area is 118 Å². The maximum Gasteiger partial charge on any atom is 0.244 e. The fourth-order valence-electron chi connectivity index (χ4n) is 2.52. The van der Waals surface area contributed by atoms with Gasteiger partial charge in [-0.05, 0) is 30.5 Å². The van der Waals surface area contributed by atoms with E-state index in [-0.39, 0.29) is 5.91 Å². The van der Waals surface area contributed by atoms with Crippen LogP contribution >= 0.6 is 0 Å². The van der Waals surface area contributed by atoms with E-state index in [0.717, 1.165) is 42.7 Å². The molecule has 1 aromatic carbocycles. The molecule has 1 amide bonds. The van der Waals surface area contributed by atoms with Crippen LogP contribution in [0.3, 0.4) is 0 Å². The van der Waals surface area contributed by atoms with Crippen LogP contribution in [0.5, 0.6) is 0 Å². The van der Waals surface area contributed by atoms with Gasteiger partial charge in [-0.3, -0.25) is 9.48 Å². The minimum absolute atomic E-state index is 0.143. The number of hydrogen-bond donors (Lipinski definition) is 1. The van der Waals surface area contributed by atoms with E-state index in [1.54, 1.807) is 10.9 Å². The zero-order chi connectivity index (χ0) is 13.9. The Kier molecular flexibility index (Phi) is 3.41. The summed E-state index contributed by atoms with van der Waals surface area (Å²) in [7, 11) is 0.